The van der Waals surface area contributed by atoms with E-state index in [-0.39, 0.29) is 49.1 Å². The van der Waals surface area contributed by atoms with Gasteiger partial charge in [-0.15, -0.1) is 11.3 Å². The number of esters is 1. The predicted octanol–water partition coefficient (Wildman–Crippen LogP) is 4.83. The number of carbonyl (C=O) groups excluding carboxylic acids is 5. The van der Waals surface area contributed by atoms with Gasteiger partial charge >= 0.3 is 12.0 Å². The van der Waals surface area contributed by atoms with Crippen LogP contribution < -0.4 is 10.7 Å². The van der Waals surface area contributed by atoms with Crippen LogP contribution in [0, 0.1) is 11.3 Å². The number of fused-ring (bicyclic) bond motifs is 7. The Labute approximate surface area is 406 Å². The molecule has 6 heterocycles. The van der Waals surface area contributed by atoms with Crippen LogP contribution >= 0.6 is 11.3 Å². The van der Waals surface area contributed by atoms with Gasteiger partial charge in [-0.3, -0.25) is 29.2 Å². The first kappa shape index (κ1) is 49.0. The highest BCUT2D eigenvalue weighted by molar-refractivity contribution is 7.10. The van der Waals surface area contributed by atoms with Crippen molar-refractivity contribution in [2.75, 3.05) is 40.4 Å². The number of amides is 5. The molecule has 1 aliphatic carbocycles. The second kappa shape index (κ2) is 19.5. The maximum absolute atomic E-state index is 14.8. The van der Waals surface area contributed by atoms with E-state index in [4.69, 9.17) is 19.4 Å². The standard InChI is InChI=1S/C50H67N9O7SSi/c1-10-41(60)57-22-23-58(39-18-17-38(39)57)48(64)55(8)43(29(3)4)45(61)53-35-25-40-52-36(27-67-40)31-15-16-37-33(24-31)34(44(56(37)11-2)32-14-12-20-51-42(32)30(5)65-9)26-49(6,7)28-66-47(63)50(68)19-13-21-59(54-50)46(35)62/h10,12,14-16,20,24,27,29-30,35,38-39,43,54H,1,11,13,17-19,21-23,25-26,28H2,2-9,68H3,(H,53,61)/t30-,35-,38+,39-,43-,50-/m0/s1. The van der Waals surface area contributed by atoms with Crippen molar-refractivity contribution in [1.29, 1.82) is 0 Å². The van der Waals surface area contributed by atoms with Crippen molar-refractivity contribution in [3.63, 3.8) is 0 Å². The first-order valence-corrected chi connectivity index (χ1v) is 25.9. The van der Waals surface area contributed by atoms with Gasteiger partial charge in [-0.25, -0.2) is 15.2 Å². The van der Waals surface area contributed by atoms with E-state index >= 15 is 0 Å². The molecule has 6 bridgehead atoms. The lowest BCUT2D eigenvalue weighted by atomic mass is 9.81. The Balaban J connectivity index is 1.16. The fourth-order valence-corrected chi connectivity index (χ4v) is 12.3. The summed E-state index contributed by atoms with van der Waals surface area (Å²) in [5.41, 5.74) is 9.44. The summed E-state index contributed by atoms with van der Waals surface area (Å²) in [7, 11) is 3.67. The minimum Gasteiger partial charge on any atom is -0.464 e. The molecular formula is C50H67N9O7SSi. The number of piperazine rings is 1. The molecule has 0 spiro atoms. The summed E-state index contributed by atoms with van der Waals surface area (Å²) in [5, 5.41) is 7.14. The Morgan fingerprint density at radius 2 is 1.85 bits per heavy atom. The van der Waals surface area contributed by atoms with Gasteiger partial charge in [0.15, 0.2) is 0 Å². The number of hydrogen-bond acceptors (Lipinski definition) is 11. The summed E-state index contributed by atoms with van der Waals surface area (Å²) in [4.78, 5) is 85.6. The van der Waals surface area contributed by atoms with Crippen molar-refractivity contribution in [2.45, 2.75) is 122 Å². The van der Waals surface area contributed by atoms with Gasteiger partial charge in [-0.1, -0.05) is 40.3 Å². The average molecular weight is 966 g/mol. The number of nitrogens with one attached hydrogen (secondary N) is 2. The monoisotopic (exact) mass is 965 g/mol. The van der Waals surface area contributed by atoms with Gasteiger partial charge in [0.25, 0.3) is 5.91 Å². The highest BCUT2D eigenvalue weighted by Gasteiger charge is 2.48. The van der Waals surface area contributed by atoms with Crippen molar-refractivity contribution in [3.8, 4) is 22.5 Å². The minimum absolute atomic E-state index is 0.0804. The van der Waals surface area contributed by atoms with Crippen molar-refractivity contribution in [1.82, 2.24) is 45.0 Å². The predicted molar refractivity (Wildman–Crippen MR) is 265 cm³/mol. The fraction of sp³-hybridized carbons (Fsp3) is 0.540. The molecule has 3 aliphatic heterocycles. The third-order valence-corrected chi connectivity index (χ3v) is 16.5. The molecule has 1 saturated carbocycles. The van der Waals surface area contributed by atoms with Crippen LogP contribution in [-0.2, 0) is 48.0 Å². The number of benzene rings is 1. The Kier molecular flexibility index (Phi) is 14.1. The van der Waals surface area contributed by atoms with Gasteiger partial charge in [0.2, 0.25) is 11.8 Å². The van der Waals surface area contributed by atoms with E-state index in [1.165, 1.54) is 27.3 Å². The quantitative estimate of drug-likeness (QED) is 0.135. The molecular weight excluding hydrogens is 899 g/mol. The second-order valence-electron chi connectivity index (χ2n) is 20.2. The molecule has 4 aromatic rings. The maximum atomic E-state index is 14.8. The first-order valence-electron chi connectivity index (χ1n) is 24.0. The first-order chi connectivity index (χ1) is 32.4. The SMILES string of the molecule is C=CC(=O)N1CCN(C(=O)N(C)[C@H](C(=O)N[C@H]2Cc3nc(cs3)-c3ccc4c(c3)c(c(-c3cccnc3[C@H](C)OC)n4CC)CC(C)(C)COC(=O)[C@@]3([SiH3])CCCN(N3)C2=O)C(C)C)[C@H]2CC[C@H]21. The Morgan fingerprint density at radius 3 is 2.54 bits per heavy atom. The lowest BCUT2D eigenvalue weighted by molar-refractivity contribution is -0.158. The summed E-state index contributed by atoms with van der Waals surface area (Å²) < 4.78 is 14.4. The summed E-state index contributed by atoms with van der Waals surface area (Å²) in [6.07, 6.45) is 6.11. The van der Waals surface area contributed by atoms with Crippen molar-refractivity contribution in [3.05, 3.63) is 70.8 Å². The Hall–Kier alpha value is -5.43. The van der Waals surface area contributed by atoms with Crippen LogP contribution in [0.15, 0.2) is 54.6 Å². The number of rotatable bonds is 9. The van der Waals surface area contributed by atoms with Crippen molar-refractivity contribution in [2.24, 2.45) is 11.3 Å². The van der Waals surface area contributed by atoms with Crippen LogP contribution in [0.2, 0.25) is 0 Å². The zero-order valence-corrected chi connectivity index (χ0v) is 43.8. The topological polar surface area (TPSA) is 172 Å². The molecule has 68 heavy (non-hydrogen) atoms. The van der Waals surface area contributed by atoms with Gasteiger partial charge < -0.3 is 34.1 Å². The second-order valence-corrected chi connectivity index (χ2v) is 22.8. The van der Waals surface area contributed by atoms with Gasteiger partial charge in [-0.05, 0) is 87.8 Å². The average Bonchev–Trinajstić information content (AvgIpc) is 3.90. The third-order valence-electron chi connectivity index (χ3n) is 14.5. The number of aryl methyl sites for hydroxylation is 1. The van der Waals surface area contributed by atoms with Gasteiger partial charge in [0, 0.05) is 96.0 Å². The number of cyclic esters (lactones) is 1. The highest BCUT2D eigenvalue weighted by Crippen LogP contribution is 2.42. The number of nitrogens with zero attached hydrogens (tertiary/aromatic N) is 7. The number of aromatic nitrogens is 3. The van der Waals surface area contributed by atoms with Crippen molar-refractivity contribution < 1.29 is 33.4 Å². The fourth-order valence-electron chi connectivity index (χ4n) is 10.7. The van der Waals surface area contributed by atoms with E-state index in [1.807, 2.05) is 32.2 Å². The number of carbonyl (C=O) groups is 5. The number of urea groups is 1. The van der Waals surface area contributed by atoms with E-state index in [0.29, 0.717) is 60.7 Å². The van der Waals surface area contributed by atoms with Crippen LogP contribution in [0.4, 0.5) is 4.79 Å². The molecule has 4 aliphatic rings. The molecule has 3 fully saturated rings. The van der Waals surface area contributed by atoms with E-state index in [0.717, 1.165) is 57.5 Å². The molecule has 364 valence electrons. The number of methoxy groups -OCH3 is 1. The van der Waals surface area contributed by atoms with Gasteiger partial charge in [0.1, 0.15) is 17.2 Å². The van der Waals surface area contributed by atoms with Crippen LogP contribution in [0.1, 0.15) is 89.6 Å². The summed E-state index contributed by atoms with van der Waals surface area (Å²) >= 11 is 1.42. The number of ether oxygens (including phenoxy) is 2. The molecule has 16 nitrogen and oxygen atoms in total. The molecule has 5 amide bonds. The summed E-state index contributed by atoms with van der Waals surface area (Å²) in [6, 6.07) is 7.89. The minimum atomic E-state index is -1.09. The largest absolute Gasteiger partial charge is 0.464 e. The normalized spacial score (nSPS) is 23.8. The zero-order valence-electron chi connectivity index (χ0n) is 41.0. The summed E-state index contributed by atoms with van der Waals surface area (Å²) in [6.45, 7) is 17.6. The molecule has 2 N–H and O–H groups in total. The van der Waals surface area contributed by atoms with Crippen LogP contribution in [-0.4, -0.2) is 144 Å². The van der Waals surface area contributed by atoms with Crippen molar-refractivity contribution >= 4 is 62.2 Å². The number of thiazole rings is 1. The third kappa shape index (κ3) is 9.23. The molecule has 6 atom stereocenters. The van der Waals surface area contributed by atoms with E-state index in [9.17, 15) is 24.0 Å². The smallest absolute Gasteiger partial charge is 0.323 e. The Morgan fingerprint density at radius 1 is 1.12 bits per heavy atom. The number of pyridine rings is 1. The molecule has 18 heteroatoms. The highest BCUT2D eigenvalue weighted by atomic mass is 32.1. The van der Waals surface area contributed by atoms with E-state index in [2.05, 4.69) is 66.9 Å². The lowest BCUT2D eigenvalue weighted by Crippen LogP contribution is -2.69. The van der Waals surface area contributed by atoms with Crippen LogP contribution in [0.25, 0.3) is 33.4 Å². The lowest BCUT2D eigenvalue weighted by Gasteiger charge is -2.54. The van der Waals surface area contributed by atoms with Gasteiger partial charge in [-0.2, -0.15) is 0 Å². The number of hydrazine groups is 1. The molecule has 1 aromatic carbocycles. The molecule has 3 aromatic heterocycles. The van der Waals surface area contributed by atoms with Gasteiger partial charge in [0.05, 0.1) is 46.9 Å². The van der Waals surface area contributed by atoms with Crippen LogP contribution in [0.3, 0.4) is 0 Å². The molecule has 8 rings (SSSR count). The van der Waals surface area contributed by atoms with E-state index in [1.54, 1.807) is 30.2 Å². The number of hydrogen-bond donors (Lipinski definition) is 2. The maximum Gasteiger partial charge on any atom is 0.323 e. The zero-order chi connectivity index (χ0) is 48.8. The summed E-state index contributed by atoms with van der Waals surface area (Å²) in [5.74, 6) is -1.75. The number of likely N-dealkylation sites (N-methyl/N-ethyl adjacent to an activating group) is 1. The van der Waals surface area contributed by atoms with E-state index < -0.39 is 40.4 Å². The molecule has 0 radical (unpaired) electrons. The van der Waals surface area contributed by atoms with Crippen LogP contribution in [0.5, 0.6) is 0 Å². The Bertz CT molecular complexity index is 2610. The molecule has 0 unspecified atom stereocenters. The molecule has 2 saturated heterocycles.